The molecule has 2 aromatic rings. The zero-order chi connectivity index (χ0) is 26.5. The number of fused-ring (bicyclic) bond motifs is 2. The summed E-state index contributed by atoms with van der Waals surface area (Å²) in [6, 6.07) is 20.7. The molecule has 0 aromatic heterocycles. The van der Waals surface area contributed by atoms with Crippen molar-refractivity contribution in [2.75, 3.05) is 13.7 Å². The topological polar surface area (TPSA) is 72.5 Å². The molecule has 3 aliphatic heterocycles. The SMILES string of the molecule is CO[C@H]1C=CC(=O)[C@@]2(O1)[C@H](CO[Si](c1ccccc1)(c1ccccc1)C(C)(C)C)O[C@@H]1OC(C)(C)O[C@@H]12. The average Bonchev–Trinajstić information content (AvgIpc) is 3.32. The first-order valence-corrected chi connectivity index (χ1v) is 14.6. The summed E-state index contributed by atoms with van der Waals surface area (Å²) in [5.74, 6) is -1.16. The van der Waals surface area contributed by atoms with Gasteiger partial charge in [0.05, 0.1) is 6.61 Å². The Morgan fingerprint density at radius 2 is 1.51 bits per heavy atom. The lowest BCUT2D eigenvalue weighted by atomic mass is 9.86. The molecule has 7 nitrogen and oxygen atoms in total. The first-order chi connectivity index (χ1) is 17.5. The van der Waals surface area contributed by atoms with Crippen molar-refractivity contribution < 1.29 is 32.9 Å². The Balaban J connectivity index is 1.57. The first kappa shape index (κ1) is 26.4. The Morgan fingerprint density at radius 1 is 0.919 bits per heavy atom. The van der Waals surface area contributed by atoms with Crippen LogP contribution in [0.2, 0.25) is 5.04 Å². The number of carbonyl (C=O) groups is 1. The Kier molecular flexibility index (Phi) is 6.81. The van der Waals surface area contributed by atoms with Crippen LogP contribution in [0.4, 0.5) is 0 Å². The summed E-state index contributed by atoms with van der Waals surface area (Å²) in [7, 11) is -1.35. The summed E-state index contributed by atoms with van der Waals surface area (Å²) in [6.07, 6.45) is 0.0784. The number of rotatable bonds is 6. The Bertz CT molecular complexity index is 1100. The van der Waals surface area contributed by atoms with Gasteiger partial charge in [0.25, 0.3) is 8.32 Å². The summed E-state index contributed by atoms with van der Waals surface area (Å²) < 4.78 is 37.5. The third kappa shape index (κ3) is 4.34. The van der Waals surface area contributed by atoms with E-state index in [4.69, 9.17) is 28.1 Å². The molecule has 2 saturated heterocycles. The van der Waals surface area contributed by atoms with E-state index < -0.39 is 44.5 Å². The van der Waals surface area contributed by atoms with Crippen LogP contribution in [-0.4, -0.2) is 64.0 Å². The van der Waals surface area contributed by atoms with Crippen molar-refractivity contribution in [2.24, 2.45) is 0 Å². The third-order valence-electron chi connectivity index (χ3n) is 7.46. The third-order valence-corrected chi connectivity index (χ3v) is 12.5. The highest BCUT2D eigenvalue weighted by molar-refractivity contribution is 6.99. The second-order valence-corrected chi connectivity index (χ2v) is 15.6. The molecule has 1 spiro atoms. The molecule has 198 valence electrons. The highest BCUT2D eigenvalue weighted by Crippen LogP contribution is 2.48. The zero-order valence-corrected chi connectivity index (χ0v) is 23.3. The fourth-order valence-electron chi connectivity index (χ4n) is 5.85. The van der Waals surface area contributed by atoms with E-state index >= 15 is 0 Å². The van der Waals surface area contributed by atoms with E-state index in [0.29, 0.717) is 0 Å². The molecular weight excluding hydrogens is 488 g/mol. The lowest BCUT2D eigenvalue weighted by molar-refractivity contribution is -0.259. The quantitative estimate of drug-likeness (QED) is 0.537. The van der Waals surface area contributed by atoms with Crippen LogP contribution in [0.15, 0.2) is 72.8 Å². The molecule has 5 atom stereocenters. The van der Waals surface area contributed by atoms with Gasteiger partial charge in [-0.25, -0.2) is 0 Å². The van der Waals surface area contributed by atoms with Crippen molar-refractivity contribution in [3.05, 3.63) is 72.8 Å². The van der Waals surface area contributed by atoms with Crippen LogP contribution < -0.4 is 10.4 Å². The van der Waals surface area contributed by atoms with Crippen molar-refractivity contribution in [1.29, 1.82) is 0 Å². The number of ketones is 1. The molecular formula is C29H36O7Si. The molecule has 2 aromatic carbocycles. The van der Waals surface area contributed by atoms with Gasteiger partial charge < -0.3 is 28.1 Å². The second-order valence-electron chi connectivity index (χ2n) is 11.3. The van der Waals surface area contributed by atoms with E-state index in [2.05, 4.69) is 45.0 Å². The number of hydrogen-bond acceptors (Lipinski definition) is 7. The minimum Gasteiger partial charge on any atom is -0.405 e. The van der Waals surface area contributed by atoms with Crippen LogP contribution in [0.1, 0.15) is 34.6 Å². The van der Waals surface area contributed by atoms with Gasteiger partial charge in [-0.2, -0.15) is 0 Å². The van der Waals surface area contributed by atoms with Crippen LogP contribution in [0.5, 0.6) is 0 Å². The van der Waals surface area contributed by atoms with E-state index in [1.54, 1.807) is 19.9 Å². The minimum absolute atomic E-state index is 0.115. The van der Waals surface area contributed by atoms with Crippen molar-refractivity contribution >= 4 is 24.5 Å². The molecule has 3 heterocycles. The van der Waals surface area contributed by atoms with Crippen molar-refractivity contribution in [2.45, 2.75) is 75.8 Å². The summed E-state index contributed by atoms with van der Waals surface area (Å²) in [5.41, 5.74) is -1.46. The van der Waals surface area contributed by atoms with E-state index in [9.17, 15) is 4.79 Å². The fraction of sp³-hybridized carbons (Fsp3) is 0.483. The maximum Gasteiger partial charge on any atom is 0.261 e. The van der Waals surface area contributed by atoms with E-state index in [-0.39, 0.29) is 17.4 Å². The number of hydrogen-bond donors (Lipinski definition) is 0. The molecule has 0 amide bonds. The number of methoxy groups -OCH3 is 1. The van der Waals surface area contributed by atoms with Gasteiger partial charge in [0.2, 0.25) is 0 Å². The van der Waals surface area contributed by atoms with Gasteiger partial charge in [-0.1, -0.05) is 81.4 Å². The largest absolute Gasteiger partial charge is 0.405 e. The van der Waals surface area contributed by atoms with Gasteiger partial charge >= 0.3 is 0 Å². The Labute approximate surface area is 219 Å². The predicted molar refractivity (Wildman–Crippen MR) is 141 cm³/mol. The molecule has 0 aliphatic carbocycles. The van der Waals surface area contributed by atoms with Crippen molar-refractivity contribution in [3.8, 4) is 0 Å². The molecule has 2 fully saturated rings. The fourth-order valence-corrected chi connectivity index (χ4v) is 10.4. The van der Waals surface area contributed by atoms with Gasteiger partial charge in [-0.15, -0.1) is 0 Å². The summed E-state index contributed by atoms with van der Waals surface area (Å²) in [4.78, 5) is 13.6. The molecule has 37 heavy (non-hydrogen) atoms. The maximum absolute atomic E-state index is 13.6. The van der Waals surface area contributed by atoms with Crippen molar-refractivity contribution in [1.82, 2.24) is 0 Å². The lowest BCUT2D eigenvalue weighted by Gasteiger charge is -2.45. The summed E-state index contributed by atoms with van der Waals surface area (Å²) >= 11 is 0. The zero-order valence-electron chi connectivity index (χ0n) is 22.3. The highest BCUT2D eigenvalue weighted by atomic mass is 28.4. The monoisotopic (exact) mass is 524 g/mol. The average molecular weight is 525 g/mol. The van der Waals surface area contributed by atoms with Gasteiger partial charge in [-0.3, -0.25) is 4.79 Å². The molecule has 5 rings (SSSR count). The second kappa shape index (κ2) is 9.54. The Hall–Kier alpha value is -2.17. The van der Waals surface area contributed by atoms with E-state index in [1.165, 1.54) is 13.2 Å². The van der Waals surface area contributed by atoms with Gasteiger partial charge in [0.15, 0.2) is 35.9 Å². The lowest BCUT2D eigenvalue weighted by Crippen LogP contribution is -2.68. The first-order valence-electron chi connectivity index (χ1n) is 12.7. The molecule has 0 unspecified atom stereocenters. The minimum atomic E-state index is -2.89. The normalized spacial score (nSPS) is 31.1. The van der Waals surface area contributed by atoms with Crippen LogP contribution in [0.3, 0.4) is 0 Å². The predicted octanol–water partition coefficient (Wildman–Crippen LogP) is 3.31. The molecule has 0 saturated carbocycles. The van der Waals surface area contributed by atoms with Crippen molar-refractivity contribution in [3.63, 3.8) is 0 Å². The van der Waals surface area contributed by atoms with Crippen LogP contribution in [0, 0.1) is 0 Å². The van der Waals surface area contributed by atoms with Crippen LogP contribution in [-0.2, 0) is 32.9 Å². The smallest absolute Gasteiger partial charge is 0.261 e. The molecule has 3 aliphatic rings. The molecule has 8 heteroatoms. The van der Waals surface area contributed by atoms with E-state index in [0.717, 1.165) is 10.4 Å². The van der Waals surface area contributed by atoms with Gasteiger partial charge in [0, 0.05) is 7.11 Å². The van der Waals surface area contributed by atoms with E-state index in [1.807, 2.05) is 36.4 Å². The molecule has 0 bridgehead atoms. The number of carbonyl (C=O) groups excluding carboxylic acids is 1. The van der Waals surface area contributed by atoms with Crippen LogP contribution in [0.25, 0.3) is 0 Å². The van der Waals surface area contributed by atoms with Gasteiger partial charge in [-0.05, 0) is 41.4 Å². The molecule has 0 N–H and O–H groups in total. The summed E-state index contributed by atoms with van der Waals surface area (Å²) in [5, 5.41) is 2.04. The standard InChI is InChI=1S/C29H36O7Si/c1-27(2,3)37(20-13-9-7-10-14-20,21-15-11-8-12-16-21)32-19-23-29(22(30)17-18-24(31-6)34-29)25-26(33-23)36-28(4,5)35-25/h7-18,23-26H,19H2,1-6H3/t23-,24+,25-,26+,29+/m0/s1. The highest BCUT2D eigenvalue weighted by Gasteiger charge is 2.69. The number of ether oxygens (including phenoxy) is 5. The number of benzene rings is 2. The Morgan fingerprint density at radius 3 is 2.05 bits per heavy atom. The van der Waals surface area contributed by atoms with Gasteiger partial charge in [0.1, 0.15) is 6.10 Å². The maximum atomic E-state index is 13.6. The van der Waals surface area contributed by atoms with Crippen LogP contribution >= 0.6 is 0 Å². The summed E-state index contributed by atoms with van der Waals surface area (Å²) in [6.45, 7) is 10.3. The molecule has 0 radical (unpaired) electrons.